The van der Waals surface area contributed by atoms with Gasteiger partial charge in [0.25, 0.3) is 0 Å². The topological polar surface area (TPSA) is 66.2 Å². The smallest absolute Gasteiger partial charge is 0.339 e. The van der Waals surface area contributed by atoms with Crippen LogP contribution in [0.4, 0.5) is 0 Å². The molecule has 1 aliphatic heterocycles. The van der Waals surface area contributed by atoms with Crippen LogP contribution in [0.2, 0.25) is 0 Å². The predicted octanol–water partition coefficient (Wildman–Crippen LogP) is 2.31. The summed E-state index contributed by atoms with van der Waals surface area (Å²) in [6.07, 6.45) is 3.18. The number of fused-ring (bicyclic) bond motifs is 1. The zero-order valence-electron chi connectivity index (χ0n) is 13.3. The van der Waals surface area contributed by atoms with E-state index in [0.29, 0.717) is 17.8 Å². The molecule has 1 aliphatic rings. The maximum atomic E-state index is 12.5. The van der Waals surface area contributed by atoms with E-state index >= 15 is 0 Å². The summed E-state index contributed by atoms with van der Waals surface area (Å²) in [6.45, 7) is 4.80. The first kappa shape index (κ1) is 15.0. The van der Waals surface area contributed by atoms with Crippen molar-refractivity contribution in [2.75, 3.05) is 13.2 Å². The van der Waals surface area contributed by atoms with Gasteiger partial charge in [0.2, 0.25) is 0 Å². The Kier molecular flexibility index (Phi) is 4.11. The van der Waals surface area contributed by atoms with Crippen LogP contribution in [0.25, 0.3) is 11.0 Å². The van der Waals surface area contributed by atoms with Crippen molar-refractivity contribution < 1.29 is 14.3 Å². The number of aromatic nitrogens is 3. The van der Waals surface area contributed by atoms with Crippen molar-refractivity contribution in [3.05, 3.63) is 23.0 Å². The molecule has 0 spiro atoms. The number of aryl methyl sites for hydroxylation is 3. The van der Waals surface area contributed by atoms with Crippen LogP contribution >= 0.6 is 0 Å². The highest BCUT2D eigenvalue weighted by Crippen LogP contribution is 2.23. The van der Waals surface area contributed by atoms with E-state index in [-0.39, 0.29) is 12.1 Å². The predicted molar refractivity (Wildman–Crippen MR) is 81.9 cm³/mol. The molecule has 2 aromatic heterocycles. The largest absolute Gasteiger partial charge is 0.459 e. The second-order valence-electron chi connectivity index (χ2n) is 5.81. The number of nitrogens with zero attached hydrogens (tertiary/aromatic N) is 3. The molecule has 3 heterocycles. The van der Waals surface area contributed by atoms with E-state index in [1.165, 1.54) is 0 Å². The van der Waals surface area contributed by atoms with E-state index in [9.17, 15) is 4.79 Å². The Hall–Kier alpha value is -1.95. The summed E-state index contributed by atoms with van der Waals surface area (Å²) in [7, 11) is 1.83. The maximum Gasteiger partial charge on any atom is 0.339 e. The number of pyridine rings is 1. The minimum atomic E-state index is -0.333. The molecule has 118 valence electrons. The van der Waals surface area contributed by atoms with E-state index in [4.69, 9.17) is 9.47 Å². The Bertz CT molecular complexity index is 702. The van der Waals surface area contributed by atoms with Crippen LogP contribution in [0, 0.1) is 13.8 Å². The third-order valence-corrected chi connectivity index (χ3v) is 3.99. The first-order valence-corrected chi connectivity index (χ1v) is 7.66. The van der Waals surface area contributed by atoms with E-state index in [2.05, 4.69) is 10.1 Å². The summed E-state index contributed by atoms with van der Waals surface area (Å²) in [5.41, 5.74) is 2.80. The second-order valence-corrected chi connectivity index (χ2v) is 5.81. The van der Waals surface area contributed by atoms with Gasteiger partial charge in [0.1, 0.15) is 6.61 Å². The molecule has 6 heteroatoms. The number of carbonyl (C=O) groups is 1. The molecule has 6 nitrogen and oxygen atoms in total. The van der Waals surface area contributed by atoms with Crippen LogP contribution in [0.5, 0.6) is 0 Å². The third-order valence-electron chi connectivity index (χ3n) is 3.99. The minimum absolute atomic E-state index is 0.0196. The lowest BCUT2D eigenvalue weighted by Gasteiger charge is -2.22. The summed E-state index contributed by atoms with van der Waals surface area (Å²) < 4.78 is 12.8. The SMILES string of the molecule is Cc1cc(C(=O)OCC2CCCCO2)c2c(C)nn(C)c2n1. The van der Waals surface area contributed by atoms with Crippen molar-refractivity contribution in [1.29, 1.82) is 0 Å². The van der Waals surface area contributed by atoms with Crippen LogP contribution in [0.3, 0.4) is 0 Å². The standard InChI is InChI=1S/C16H21N3O3/c1-10-8-13(14-11(2)18-19(3)15(14)17-10)16(20)22-9-12-6-4-5-7-21-12/h8,12H,4-7,9H2,1-3H3. The molecule has 1 fully saturated rings. The average molecular weight is 303 g/mol. The zero-order chi connectivity index (χ0) is 15.7. The van der Waals surface area contributed by atoms with Gasteiger partial charge in [0.15, 0.2) is 5.65 Å². The number of ether oxygens (including phenoxy) is 2. The summed E-state index contributed by atoms with van der Waals surface area (Å²) in [4.78, 5) is 16.9. The summed E-state index contributed by atoms with van der Waals surface area (Å²) in [5, 5.41) is 5.11. The molecule has 1 atom stereocenters. The van der Waals surface area contributed by atoms with E-state index < -0.39 is 0 Å². The lowest BCUT2D eigenvalue weighted by molar-refractivity contribution is -0.0299. The summed E-state index contributed by atoms with van der Waals surface area (Å²) in [6, 6.07) is 1.76. The first-order valence-electron chi connectivity index (χ1n) is 7.66. The lowest BCUT2D eigenvalue weighted by Crippen LogP contribution is -2.26. The van der Waals surface area contributed by atoms with E-state index in [0.717, 1.165) is 42.6 Å². The molecule has 0 amide bonds. The molecular weight excluding hydrogens is 282 g/mol. The Morgan fingerprint density at radius 1 is 1.45 bits per heavy atom. The summed E-state index contributed by atoms with van der Waals surface area (Å²) in [5.74, 6) is -0.333. The average Bonchev–Trinajstić information content (AvgIpc) is 2.79. The highest BCUT2D eigenvalue weighted by Gasteiger charge is 2.21. The quantitative estimate of drug-likeness (QED) is 0.814. The van der Waals surface area contributed by atoms with Crippen molar-refractivity contribution in [2.24, 2.45) is 7.05 Å². The Morgan fingerprint density at radius 3 is 3.00 bits per heavy atom. The van der Waals surface area contributed by atoms with Gasteiger partial charge in [-0.3, -0.25) is 4.68 Å². The Balaban J connectivity index is 1.84. The van der Waals surface area contributed by atoms with Gasteiger partial charge in [0, 0.05) is 19.3 Å². The molecule has 3 rings (SSSR count). The highest BCUT2D eigenvalue weighted by molar-refractivity contribution is 6.03. The Morgan fingerprint density at radius 2 is 2.27 bits per heavy atom. The van der Waals surface area contributed by atoms with Gasteiger partial charge < -0.3 is 9.47 Å². The molecule has 0 radical (unpaired) electrons. The van der Waals surface area contributed by atoms with Gasteiger partial charge in [-0.05, 0) is 39.2 Å². The second kappa shape index (κ2) is 6.04. The fraction of sp³-hybridized carbons (Fsp3) is 0.562. The fourth-order valence-electron chi connectivity index (χ4n) is 2.92. The number of carbonyl (C=O) groups excluding carboxylic acids is 1. The van der Waals surface area contributed by atoms with E-state index in [1.807, 2.05) is 20.9 Å². The zero-order valence-corrected chi connectivity index (χ0v) is 13.3. The molecule has 0 aliphatic carbocycles. The van der Waals surface area contributed by atoms with Gasteiger partial charge in [-0.1, -0.05) is 0 Å². The fourth-order valence-corrected chi connectivity index (χ4v) is 2.92. The van der Waals surface area contributed by atoms with Gasteiger partial charge in [0.05, 0.1) is 22.7 Å². The normalized spacial score (nSPS) is 18.6. The van der Waals surface area contributed by atoms with Crippen LogP contribution in [0.15, 0.2) is 6.07 Å². The van der Waals surface area contributed by atoms with Gasteiger partial charge >= 0.3 is 5.97 Å². The van der Waals surface area contributed by atoms with Crippen LogP contribution in [-0.4, -0.2) is 40.1 Å². The van der Waals surface area contributed by atoms with Crippen molar-refractivity contribution in [1.82, 2.24) is 14.8 Å². The van der Waals surface area contributed by atoms with Crippen LogP contribution in [-0.2, 0) is 16.5 Å². The van der Waals surface area contributed by atoms with Crippen molar-refractivity contribution in [3.63, 3.8) is 0 Å². The summed E-state index contributed by atoms with van der Waals surface area (Å²) >= 11 is 0. The first-order chi connectivity index (χ1) is 10.6. The molecule has 2 aromatic rings. The van der Waals surface area contributed by atoms with Crippen LogP contribution < -0.4 is 0 Å². The van der Waals surface area contributed by atoms with Crippen molar-refractivity contribution in [2.45, 2.75) is 39.2 Å². The molecule has 0 aromatic carbocycles. The van der Waals surface area contributed by atoms with E-state index in [1.54, 1.807) is 10.7 Å². The highest BCUT2D eigenvalue weighted by atomic mass is 16.6. The monoisotopic (exact) mass is 303 g/mol. The van der Waals surface area contributed by atoms with Gasteiger partial charge in [-0.15, -0.1) is 0 Å². The molecule has 1 saturated heterocycles. The lowest BCUT2D eigenvalue weighted by atomic mass is 10.1. The Labute approximate surface area is 129 Å². The number of hydrogen-bond acceptors (Lipinski definition) is 5. The molecule has 22 heavy (non-hydrogen) atoms. The minimum Gasteiger partial charge on any atom is -0.459 e. The molecule has 1 unspecified atom stereocenters. The number of rotatable bonds is 3. The van der Waals surface area contributed by atoms with Gasteiger partial charge in [-0.2, -0.15) is 5.10 Å². The van der Waals surface area contributed by atoms with Crippen molar-refractivity contribution >= 4 is 17.0 Å². The number of hydrogen-bond donors (Lipinski definition) is 0. The molecule has 0 bridgehead atoms. The number of esters is 1. The molecule has 0 N–H and O–H groups in total. The maximum absolute atomic E-state index is 12.5. The molecular formula is C16H21N3O3. The van der Waals surface area contributed by atoms with Gasteiger partial charge in [-0.25, -0.2) is 9.78 Å². The van der Waals surface area contributed by atoms with Crippen LogP contribution in [0.1, 0.15) is 41.0 Å². The third kappa shape index (κ3) is 2.83. The van der Waals surface area contributed by atoms with Crippen molar-refractivity contribution in [3.8, 4) is 0 Å². The molecule has 0 saturated carbocycles.